The van der Waals surface area contributed by atoms with Crippen molar-refractivity contribution in [2.24, 2.45) is 23.7 Å². The van der Waals surface area contributed by atoms with Gasteiger partial charge in [0, 0.05) is 32.2 Å². The second-order valence-electron chi connectivity index (χ2n) is 16.3. The van der Waals surface area contributed by atoms with Crippen LogP contribution in [0.25, 0.3) is 0 Å². The van der Waals surface area contributed by atoms with Crippen LogP contribution in [-0.2, 0) is 23.4 Å². The molecule has 0 amide bonds. The molecule has 5 fully saturated rings. The van der Waals surface area contributed by atoms with Crippen molar-refractivity contribution >= 4 is 8.32 Å². The summed E-state index contributed by atoms with van der Waals surface area (Å²) in [6.07, 6.45) is 21.7. The largest absolute Gasteiger partial charge is 0.417 e. The third kappa shape index (κ3) is 9.91. The zero-order chi connectivity index (χ0) is 31.9. The van der Waals surface area contributed by atoms with Crippen molar-refractivity contribution in [1.29, 1.82) is 0 Å². The van der Waals surface area contributed by atoms with Gasteiger partial charge in [0.1, 0.15) is 5.60 Å². The van der Waals surface area contributed by atoms with Crippen molar-refractivity contribution in [3.63, 3.8) is 0 Å². The molecule has 3 saturated carbocycles. The third-order valence-corrected chi connectivity index (χ3v) is 16.4. The first kappa shape index (κ1) is 35.6. The smallest absolute Gasteiger partial charge is 0.191 e. The lowest BCUT2D eigenvalue weighted by atomic mass is 9.88. The van der Waals surface area contributed by atoms with Crippen LogP contribution in [0.3, 0.4) is 0 Å². The Morgan fingerprint density at radius 2 is 1.62 bits per heavy atom. The standard InChI is InChI=1S/C38H64O6Si/c1-37(2,3)45(4,5)42-25-13-7-6-12-22-38(39)27-30-26-34(44-36-19-11-15-24-41-36)31(32(30)28-38)20-21-33(29-16-8-9-17-29)43-35-18-10-14-23-40-35/h20-21,29-36,39H,6-11,13-19,23-28H2,1-5H3/b21-20+/t30-,31+,32+,33-,34+,35?,36?,38-/m0/s1. The van der Waals surface area contributed by atoms with Gasteiger partial charge >= 0.3 is 0 Å². The van der Waals surface area contributed by atoms with E-state index in [0.717, 1.165) is 84.0 Å². The van der Waals surface area contributed by atoms with Gasteiger partial charge < -0.3 is 28.5 Å². The van der Waals surface area contributed by atoms with Gasteiger partial charge in [-0.1, -0.05) is 51.7 Å². The van der Waals surface area contributed by atoms with Crippen molar-refractivity contribution < 1.29 is 28.5 Å². The van der Waals surface area contributed by atoms with Crippen LogP contribution >= 0.6 is 0 Å². The highest BCUT2D eigenvalue weighted by Crippen LogP contribution is 2.53. The lowest BCUT2D eigenvalue weighted by Crippen LogP contribution is -2.40. The van der Waals surface area contributed by atoms with Crippen LogP contribution in [-0.4, -0.2) is 63.6 Å². The molecule has 2 unspecified atom stereocenters. The van der Waals surface area contributed by atoms with Crippen molar-refractivity contribution in [3.05, 3.63) is 12.2 Å². The molecule has 0 aromatic carbocycles. The number of aliphatic hydroxyl groups is 1. The highest BCUT2D eigenvalue weighted by Gasteiger charge is 2.53. The van der Waals surface area contributed by atoms with Gasteiger partial charge in [0.05, 0.1) is 12.2 Å². The first-order chi connectivity index (χ1) is 21.5. The van der Waals surface area contributed by atoms with E-state index in [2.05, 4.69) is 57.9 Å². The Morgan fingerprint density at radius 1 is 0.933 bits per heavy atom. The molecule has 2 aliphatic heterocycles. The highest BCUT2D eigenvalue weighted by molar-refractivity contribution is 6.74. The Hall–Kier alpha value is -0.723. The normalized spacial score (nSPS) is 35.4. The molecule has 6 nitrogen and oxygen atoms in total. The average molecular weight is 645 g/mol. The van der Waals surface area contributed by atoms with Gasteiger partial charge in [-0.25, -0.2) is 0 Å². The fraction of sp³-hybridized carbons (Fsp3) is 0.895. The van der Waals surface area contributed by atoms with E-state index in [0.29, 0.717) is 17.8 Å². The summed E-state index contributed by atoms with van der Waals surface area (Å²) in [7, 11) is -1.69. The summed E-state index contributed by atoms with van der Waals surface area (Å²) < 4.78 is 31.7. The van der Waals surface area contributed by atoms with Crippen LogP contribution in [0, 0.1) is 35.5 Å². The second-order valence-corrected chi connectivity index (χ2v) is 21.2. The van der Waals surface area contributed by atoms with Crippen molar-refractivity contribution in [2.45, 2.75) is 172 Å². The maximum absolute atomic E-state index is 11.7. The molecule has 3 aliphatic carbocycles. The fourth-order valence-corrected chi connectivity index (χ4v) is 9.20. The minimum atomic E-state index is -1.69. The lowest BCUT2D eigenvalue weighted by Gasteiger charge is -2.36. The second kappa shape index (κ2) is 16.1. The quantitative estimate of drug-likeness (QED) is 0.0994. The fourth-order valence-electron chi connectivity index (χ4n) is 8.11. The monoisotopic (exact) mass is 644 g/mol. The summed E-state index contributed by atoms with van der Waals surface area (Å²) in [4.78, 5) is 0. The van der Waals surface area contributed by atoms with Crippen LogP contribution in [0.15, 0.2) is 12.2 Å². The Morgan fingerprint density at radius 3 is 2.29 bits per heavy atom. The molecule has 45 heavy (non-hydrogen) atoms. The number of unbranched alkanes of at least 4 members (excludes halogenated alkanes) is 2. The summed E-state index contributed by atoms with van der Waals surface area (Å²) in [6.45, 7) is 13.9. The van der Waals surface area contributed by atoms with Crippen molar-refractivity contribution in [3.8, 4) is 11.8 Å². The molecule has 0 radical (unpaired) electrons. The number of hydrogen-bond donors (Lipinski definition) is 1. The molecular formula is C38H64O6Si. The summed E-state index contributed by atoms with van der Waals surface area (Å²) in [5.74, 6) is 8.28. The van der Waals surface area contributed by atoms with Crippen LogP contribution < -0.4 is 0 Å². The maximum Gasteiger partial charge on any atom is 0.191 e. The van der Waals surface area contributed by atoms with Gasteiger partial charge in [0.15, 0.2) is 20.9 Å². The van der Waals surface area contributed by atoms with E-state index >= 15 is 0 Å². The maximum atomic E-state index is 11.7. The average Bonchev–Trinajstić information content (AvgIpc) is 3.72. The molecule has 0 aromatic rings. The van der Waals surface area contributed by atoms with Gasteiger partial charge in [-0.3, -0.25) is 0 Å². The Kier molecular flexibility index (Phi) is 12.7. The van der Waals surface area contributed by atoms with E-state index in [-0.39, 0.29) is 35.7 Å². The van der Waals surface area contributed by atoms with Crippen LogP contribution in [0.1, 0.15) is 124 Å². The molecule has 1 N–H and O–H groups in total. The Bertz CT molecular complexity index is 994. The van der Waals surface area contributed by atoms with Gasteiger partial charge in [-0.2, -0.15) is 0 Å². The molecule has 5 rings (SSSR count). The number of fused-ring (bicyclic) bond motifs is 1. The molecule has 0 bridgehead atoms. The molecule has 0 aromatic heterocycles. The molecule has 5 aliphatic rings. The molecular weight excluding hydrogens is 580 g/mol. The summed E-state index contributed by atoms with van der Waals surface area (Å²) >= 11 is 0. The predicted octanol–water partition coefficient (Wildman–Crippen LogP) is 8.53. The Labute approximate surface area is 275 Å². The van der Waals surface area contributed by atoms with Crippen molar-refractivity contribution in [1.82, 2.24) is 0 Å². The topological polar surface area (TPSA) is 66.4 Å². The van der Waals surface area contributed by atoms with E-state index in [1.165, 1.54) is 38.5 Å². The van der Waals surface area contributed by atoms with Crippen molar-refractivity contribution in [2.75, 3.05) is 19.8 Å². The van der Waals surface area contributed by atoms with Crippen LogP contribution in [0.5, 0.6) is 0 Å². The minimum absolute atomic E-state index is 0.0847. The zero-order valence-corrected chi connectivity index (χ0v) is 30.2. The van der Waals surface area contributed by atoms with Crippen LogP contribution in [0.4, 0.5) is 0 Å². The summed E-state index contributed by atoms with van der Waals surface area (Å²) in [5.41, 5.74) is -0.900. The van der Waals surface area contributed by atoms with E-state index in [9.17, 15) is 5.11 Å². The van der Waals surface area contributed by atoms with E-state index in [1.807, 2.05) is 0 Å². The van der Waals surface area contributed by atoms with E-state index in [4.69, 9.17) is 23.4 Å². The lowest BCUT2D eigenvalue weighted by molar-refractivity contribution is -0.194. The summed E-state index contributed by atoms with van der Waals surface area (Å²) in [6, 6.07) is 0. The number of rotatable bonds is 12. The zero-order valence-electron chi connectivity index (χ0n) is 29.2. The summed E-state index contributed by atoms with van der Waals surface area (Å²) in [5, 5.41) is 11.9. The molecule has 2 saturated heterocycles. The highest BCUT2D eigenvalue weighted by atomic mass is 28.4. The predicted molar refractivity (Wildman–Crippen MR) is 182 cm³/mol. The molecule has 7 heteroatoms. The molecule has 2 heterocycles. The Balaban J connectivity index is 1.20. The first-order valence-electron chi connectivity index (χ1n) is 18.6. The van der Waals surface area contributed by atoms with Gasteiger partial charge in [-0.05, 0) is 119 Å². The van der Waals surface area contributed by atoms with Gasteiger partial charge in [-0.15, -0.1) is 5.92 Å². The van der Waals surface area contributed by atoms with Gasteiger partial charge in [0.2, 0.25) is 0 Å². The minimum Gasteiger partial charge on any atom is -0.417 e. The van der Waals surface area contributed by atoms with Crippen LogP contribution in [0.2, 0.25) is 18.1 Å². The van der Waals surface area contributed by atoms with E-state index < -0.39 is 13.9 Å². The number of hydrogen-bond acceptors (Lipinski definition) is 6. The molecule has 8 atom stereocenters. The number of ether oxygens (including phenoxy) is 4. The molecule has 0 spiro atoms. The molecule has 256 valence electrons. The van der Waals surface area contributed by atoms with E-state index in [1.54, 1.807) is 0 Å². The third-order valence-electron chi connectivity index (χ3n) is 11.8. The SMILES string of the molecule is CC(C)(C)[Si](C)(C)OCCCCC#C[C@]1(O)C[C@@H]2C[C@@H](OC3CCCCO3)[C@H](/C=C/[C@H](OC3CCCCO3)C3CCCC3)[C@@H]2C1. The van der Waals surface area contributed by atoms with Gasteiger partial charge in [0.25, 0.3) is 0 Å². The first-order valence-corrected chi connectivity index (χ1v) is 21.5.